The fourth-order valence-electron chi connectivity index (χ4n) is 4.35. The molecule has 2 aliphatic heterocycles. The summed E-state index contributed by atoms with van der Waals surface area (Å²) in [6.07, 6.45) is 2.94. The van der Waals surface area contributed by atoms with Crippen LogP contribution in [0.2, 0.25) is 0 Å². The maximum atomic E-state index is 14.1. The number of hydrogen-bond donors (Lipinski definition) is 1. The van der Waals surface area contributed by atoms with Crippen LogP contribution in [0.5, 0.6) is 0 Å². The van der Waals surface area contributed by atoms with Gasteiger partial charge in [0.2, 0.25) is 5.91 Å². The van der Waals surface area contributed by atoms with Gasteiger partial charge in [0.05, 0.1) is 4.90 Å². The summed E-state index contributed by atoms with van der Waals surface area (Å²) in [6, 6.07) is 9.27. The van der Waals surface area contributed by atoms with E-state index in [2.05, 4.69) is 9.71 Å². The molecule has 1 amide bonds. The average molecular weight is 473 g/mol. The van der Waals surface area contributed by atoms with Gasteiger partial charge in [-0.05, 0) is 61.2 Å². The summed E-state index contributed by atoms with van der Waals surface area (Å²) < 4.78 is 41.6. The van der Waals surface area contributed by atoms with E-state index in [0.29, 0.717) is 35.9 Å². The molecular weight excluding hydrogens is 451 g/mol. The van der Waals surface area contributed by atoms with Crippen LogP contribution in [0.3, 0.4) is 0 Å². The fourth-order valence-corrected chi connectivity index (χ4v) is 6.14. The molecule has 0 bridgehead atoms. The quantitative estimate of drug-likeness (QED) is 0.614. The molecule has 1 unspecified atom stereocenters. The minimum Gasteiger partial charge on any atom is -0.359 e. The molecule has 1 saturated heterocycles. The predicted octanol–water partition coefficient (Wildman–Crippen LogP) is 3.56. The molecule has 1 N–H and O–H groups in total. The van der Waals surface area contributed by atoms with Crippen LogP contribution < -0.4 is 14.5 Å². The Kier molecular flexibility index (Phi) is 5.13. The van der Waals surface area contributed by atoms with Crippen molar-refractivity contribution in [1.29, 1.82) is 0 Å². The number of aryl methyl sites for hydroxylation is 1. The Hall–Kier alpha value is -2.98. The van der Waals surface area contributed by atoms with Crippen molar-refractivity contribution in [2.24, 2.45) is 0 Å². The Balaban J connectivity index is 1.33. The molecule has 0 aliphatic carbocycles. The Morgan fingerprint density at radius 3 is 2.69 bits per heavy atom. The number of fused-ring (bicyclic) bond motifs is 1. The molecule has 0 saturated carbocycles. The average Bonchev–Trinajstić information content (AvgIpc) is 3.49. The van der Waals surface area contributed by atoms with Gasteiger partial charge in [-0.2, -0.15) is 0 Å². The normalized spacial score (nSPS) is 18.3. The summed E-state index contributed by atoms with van der Waals surface area (Å²) in [5, 5.41) is 1.98. The summed E-state index contributed by atoms with van der Waals surface area (Å²) >= 11 is 1.19. The zero-order valence-corrected chi connectivity index (χ0v) is 18.9. The lowest BCUT2D eigenvalue weighted by molar-refractivity contribution is -0.118. The van der Waals surface area contributed by atoms with Crippen molar-refractivity contribution < 1.29 is 17.6 Å². The highest BCUT2D eigenvalue weighted by atomic mass is 32.2. The SMILES string of the molecule is Cc1cc2c(cc1F)N(C1CCN(c3ccc(S(=O)(=O)Nc4nccs4)cc3)C1=O)CC2. The van der Waals surface area contributed by atoms with E-state index < -0.39 is 10.0 Å². The third-order valence-electron chi connectivity index (χ3n) is 5.96. The number of halogens is 1. The first-order chi connectivity index (χ1) is 15.3. The number of benzene rings is 2. The van der Waals surface area contributed by atoms with Gasteiger partial charge in [-0.25, -0.2) is 17.8 Å². The Morgan fingerprint density at radius 2 is 1.97 bits per heavy atom. The lowest BCUT2D eigenvalue weighted by Crippen LogP contribution is -2.41. The van der Waals surface area contributed by atoms with Crippen molar-refractivity contribution in [3.8, 4) is 0 Å². The van der Waals surface area contributed by atoms with E-state index in [9.17, 15) is 17.6 Å². The van der Waals surface area contributed by atoms with Crippen LogP contribution in [0.25, 0.3) is 0 Å². The molecule has 7 nitrogen and oxygen atoms in total. The molecule has 1 fully saturated rings. The molecule has 32 heavy (non-hydrogen) atoms. The van der Waals surface area contributed by atoms with Gasteiger partial charge in [0.15, 0.2) is 5.13 Å². The molecule has 1 aromatic heterocycles. The molecule has 0 radical (unpaired) electrons. The van der Waals surface area contributed by atoms with Crippen LogP contribution >= 0.6 is 11.3 Å². The minimum atomic E-state index is -3.75. The second-order valence-electron chi connectivity index (χ2n) is 7.90. The monoisotopic (exact) mass is 472 g/mol. The maximum absolute atomic E-state index is 14.1. The van der Waals surface area contributed by atoms with Crippen molar-refractivity contribution in [2.45, 2.75) is 30.7 Å². The Morgan fingerprint density at radius 1 is 1.19 bits per heavy atom. The van der Waals surface area contributed by atoms with Crippen molar-refractivity contribution in [3.05, 3.63) is 64.9 Å². The van der Waals surface area contributed by atoms with Gasteiger partial charge in [0.25, 0.3) is 10.0 Å². The minimum absolute atomic E-state index is 0.0599. The lowest BCUT2D eigenvalue weighted by Gasteiger charge is -2.26. The second-order valence-corrected chi connectivity index (χ2v) is 10.5. The van der Waals surface area contributed by atoms with E-state index in [-0.39, 0.29) is 22.7 Å². The number of sulfonamides is 1. The van der Waals surface area contributed by atoms with Gasteiger partial charge in [-0.15, -0.1) is 11.3 Å². The third kappa shape index (κ3) is 3.63. The number of rotatable bonds is 5. The van der Waals surface area contributed by atoms with Crippen molar-refractivity contribution in [2.75, 3.05) is 27.6 Å². The number of nitrogens with one attached hydrogen (secondary N) is 1. The first kappa shape index (κ1) is 20.9. The van der Waals surface area contributed by atoms with Crippen molar-refractivity contribution >= 4 is 43.8 Å². The third-order valence-corrected chi connectivity index (χ3v) is 8.13. The number of anilines is 3. The van der Waals surface area contributed by atoms with E-state index in [1.807, 2.05) is 11.0 Å². The summed E-state index contributed by atoms with van der Waals surface area (Å²) in [6.45, 7) is 2.95. The molecule has 5 rings (SSSR count). The van der Waals surface area contributed by atoms with Gasteiger partial charge in [0, 0.05) is 36.0 Å². The number of thiazole rings is 1. The number of hydrogen-bond acceptors (Lipinski definition) is 6. The second kappa shape index (κ2) is 7.86. The van der Waals surface area contributed by atoms with Crippen molar-refractivity contribution in [1.82, 2.24) is 4.98 Å². The lowest BCUT2D eigenvalue weighted by atomic mass is 10.1. The van der Waals surface area contributed by atoms with Crippen LogP contribution in [-0.2, 0) is 21.2 Å². The van der Waals surface area contributed by atoms with Crippen LogP contribution in [-0.4, -0.2) is 38.4 Å². The highest BCUT2D eigenvalue weighted by molar-refractivity contribution is 7.93. The molecular formula is C22H21FN4O3S2. The summed E-state index contributed by atoms with van der Waals surface area (Å²) in [5.74, 6) is -0.323. The molecule has 1 atom stereocenters. The molecule has 0 spiro atoms. The van der Waals surface area contributed by atoms with Gasteiger partial charge < -0.3 is 9.80 Å². The van der Waals surface area contributed by atoms with E-state index in [1.165, 1.54) is 35.7 Å². The predicted molar refractivity (Wildman–Crippen MR) is 122 cm³/mol. The van der Waals surface area contributed by atoms with Crippen LogP contribution in [0.1, 0.15) is 17.5 Å². The van der Waals surface area contributed by atoms with Gasteiger partial charge in [0.1, 0.15) is 11.9 Å². The zero-order chi connectivity index (χ0) is 22.5. The summed E-state index contributed by atoms with van der Waals surface area (Å²) in [7, 11) is -3.75. The highest BCUT2D eigenvalue weighted by Crippen LogP contribution is 2.35. The van der Waals surface area contributed by atoms with Crippen LogP contribution in [0, 0.1) is 12.7 Å². The molecule has 2 aromatic carbocycles. The maximum Gasteiger partial charge on any atom is 0.263 e. The molecule has 3 heterocycles. The summed E-state index contributed by atoms with van der Waals surface area (Å²) in [4.78, 5) is 20.9. The largest absolute Gasteiger partial charge is 0.359 e. The number of nitrogens with zero attached hydrogens (tertiary/aromatic N) is 3. The van der Waals surface area contributed by atoms with Crippen LogP contribution in [0.15, 0.2) is 52.9 Å². The standard InChI is InChI=1S/C22H21FN4O3S2/c1-14-12-15-6-9-27(20(15)13-18(14)23)19-7-10-26(21(19)28)16-2-4-17(5-3-16)32(29,30)25-22-24-8-11-31-22/h2-5,8,11-13,19H,6-7,9-10H2,1H3,(H,24,25). The van der Waals surface area contributed by atoms with E-state index in [4.69, 9.17) is 0 Å². The smallest absolute Gasteiger partial charge is 0.263 e. The van der Waals surface area contributed by atoms with E-state index in [0.717, 1.165) is 17.7 Å². The molecule has 2 aliphatic rings. The molecule has 3 aromatic rings. The zero-order valence-electron chi connectivity index (χ0n) is 17.3. The van der Waals surface area contributed by atoms with Gasteiger partial charge in [-0.1, -0.05) is 6.07 Å². The molecule has 10 heteroatoms. The first-order valence-corrected chi connectivity index (χ1v) is 12.6. The number of amides is 1. The topological polar surface area (TPSA) is 82.6 Å². The Bertz CT molecular complexity index is 1280. The first-order valence-electron chi connectivity index (χ1n) is 10.2. The number of carbonyl (C=O) groups is 1. The fraction of sp³-hybridized carbons (Fsp3) is 0.273. The Labute approximate surface area is 189 Å². The highest BCUT2D eigenvalue weighted by Gasteiger charge is 2.39. The van der Waals surface area contributed by atoms with Crippen molar-refractivity contribution in [3.63, 3.8) is 0 Å². The number of carbonyl (C=O) groups excluding carboxylic acids is 1. The van der Waals surface area contributed by atoms with Gasteiger partial charge >= 0.3 is 0 Å². The van der Waals surface area contributed by atoms with Crippen LogP contribution in [0.4, 0.5) is 20.9 Å². The van der Waals surface area contributed by atoms with Gasteiger partial charge in [-0.3, -0.25) is 9.52 Å². The molecule has 166 valence electrons. The summed E-state index contributed by atoms with van der Waals surface area (Å²) in [5.41, 5.74) is 3.12. The number of aromatic nitrogens is 1. The van der Waals surface area contributed by atoms with E-state index in [1.54, 1.807) is 29.3 Å². The van der Waals surface area contributed by atoms with E-state index >= 15 is 0 Å².